The molecule has 5 nitrogen and oxygen atoms in total. The predicted molar refractivity (Wildman–Crippen MR) is 84.2 cm³/mol. The highest BCUT2D eigenvalue weighted by Crippen LogP contribution is 2.32. The van der Waals surface area contributed by atoms with Gasteiger partial charge in [0.15, 0.2) is 0 Å². The Hall–Kier alpha value is -0.530. The van der Waals surface area contributed by atoms with E-state index in [1.165, 1.54) is 12.1 Å². The van der Waals surface area contributed by atoms with E-state index in [1.54, 1.807) is 0 Å². The molecule has 2 atom stereocenters. The topological polar surface area (TPSA) is 81.4 Å². The van der Waals surface area contributed by atoms with Crippen LogP contribution in [0.5, 0.6) is 0 Å². The minimum atomic E-state index is -3.78. The summed E-state index contributed by atoms with van der Waals surface area (Å²) < 4.78 is 32.9. The van der Waals surface area contributed by atoms with Gasteiger partial charge in [-0.05, 0) is 25.0 Å². The number of halogens is 2. The van der Waals surface area contributed by atoms with E-state index in [9.17, 15) is 8.42 Å². The smallest absolute Gasteiger partial charge is 0.243 e. The van der Waals surface area contributed by atoms with Crippen molar-refractivity contribution in [1.82, 2.24) is 4.72 Å². The number of nitrogen functional groups attached to an aromatic ring is 1. The molecule has 0 amide bonds. The van der Waals surface area contributed by atoms with Gasteiger partial charge in [-0.25, -0.2) is 13.1 Å². The quantitative estimate of drug-likeness (QED) is 0.798. The van der Waals surface area contributed by atoms with Gasteiger partial charge in [0, 0.05) is 24.8 Å². The average Bonchev–Trinajstić information content (AvgIpc) is 2.82. The second-order valence-corrected chi connectivity index (χ2v) is 7.55. The third kappa shape index (κ3) is 3.81. The van der Waals surface area contributed by atoms with E-state index < -0.39 is 10.0 Å². The molecule has 1 aromatic carbocycles. The van der Waals surface area contributed by atoms with Crippen molar-refractivity contribution in [3.8, 4) is 0 Å². The van der Waals surface area contributed by atoms with E-state index >= 15 is 0 Å². The van der Waals surface area contributed by atoms with Crippen molar-refractivity contribution in [3.05, 3.63) is 22.2 Å². The van der Waals surface area contributed by atoms with Gasteiger partial charge in [-0.1, -0.05) is 30.1 Å². The molecule has 1 fully saturated rings. The second-order valence-electron chi connectivity index (χ2n) is 5.03. The van der Waals surface area contributed by atoms with Crippen molar-refractivity contribution in [2.24, 2.45) is 5.92 Å². The van der Waals surface area contributed by atoms with Crippen molar-refractivity contribution < 1.29 is 13.2 Å². The van der Waals surface area contributed by atoms with Gasteiger partial charge in [0.1, 0.15) is 4.90 Å². The summed E-state index contributed by atoms with van der Waals surface area (Å²) in [7, 11) is -3.78. The van der Waals surface area contributed by atoms with Crippen molar-refractivity contribution in [2.75, 3.05) is 18.9 Å². The molecule has 2 rings (SSSR count). The van der Waals surface area contributed by atoms with Crippen LogP contribution in [0, 0.1) is 5.92 Å². The van der Waals surface area contributed by atoms with Gasteiger partial charge >= 0.3 is 0 Å². The highest BCUT2D eigenvalue weighted by Gasteiger charge is 2.29. The van der Waals surface area contributed by atoms with E-state index in [0.29, 0.717) is 18.8 Å². The summed E-state index contributed by atoms with van der Waals surface area (Å²) in [5.74, 6) is 0.163. The minimum Gasteiger partial charge on any atom is -0.399 e. The molecule has 1 aliphatic heterocycles. The number of benzene rings is 1. The zero-order chi connectivity index (χ0) is 15.6. The van der Waals surface area contributed by atoms with Crippen molar-refractivity contribution in [1.29, 1.82) is 0 Å². The molecule has 0 saturated carbocycles. The summed E-state index contributed by atoms with van der Waals surface area (Å²) in [6.45, 7) is 2.98. The molecule has 0 spiro atoms. The van der Waals surface area contributed by atoms with Crippen LogP contribution in [0.4, 0.5) is 5.69 Å². The molecule has 0 aliphatic carbocycles. The third-order valence-corrected chi connectivity index (χ3v) is 5.92. The zero-order valence-corrected chi connectivity index (χ0v) is 13.9. The number of rotatable bonds is 5. The maximum absolute atomic E-state index is 12.4. The van der Waals surface area contributed by atoms with Crippen LogP contribution in [-0.2, 0) is 14.8 Å². The Morgan fingerprint density at radius 1 is 1.38 bits per heavy atom. The number of nitrogens with one attached hydrogen (secondary N) is 1. The van der Waals surface area contributed by atoms with E-state index in [1.807, 2.05) is 6.92 Å². The number of anilines is 1. The van der Waals surface area contributed by atoms with E-state index in [4.69, 9.17) is 33.7 Å². The highest BCUT2D eigenvalue weighted by atomic mass is 35.5. The number of hydrogen-bond acceptors (Lipinski definition) is 4. The number of hydrogen-bond donors (Lipinski definition) is 2. The molecule has 8 heteroatoms. The molecule has 1 aromatic rings. The SMILES string of the molecule is CCC1OCCC1CNS(=O)(=O)c1c(Cl)cc(N)cc1Cl. The fourth-order valence-electron chi connectivity index (χ4n) is 2.50. The van der Waals surface area contributed by atoms with Gasteiger partial charge in [0.2, 0.25) is 10.0 Å². The molecule has 0 bridgehead atoms. The van der Waals surface area contributed by atoms with Crippen LogP contribution in [0.2, 0.25) is 10.0 Å². The highest BCUT2D eigenvalue weighted by molar-refractivity contribution is 7.89. The summed E-state index contributed by atoms with van der Waals surface area (Å²) in [5.41, 5.74) is 5.90. The van der Waals surface area contributed by atoms with Crippen molar-refractivity contribution >= 4 is 38.9 Å². The molecule has 1 heterocycles. The standard InChI is InChI=1S/C13H18Cl2N2O3S/c1-2-12-8(3-4-20-12)7-17-21(18,19)13-10(14)5-9(16)6-11(13)15/h5-6,8,12,17H,2-4,7,16H2,1H3. The van der Waals surface area contributed by atoms with Crippen LogP contribution in [0.25, 0.3) is 0 Å². The number of ether oxygens (including phenoxy) is 1. The average molecular weight is 353 g/mol. The van der Waals surface area contributed by atoms with Crippen LogP contribution in [-0.4, -0.2) is 27.7 Å². The van der Waals surface area contributed by atoms with Crippen molar-refractivity contribution in [3.63, 3.8) is 0 Å². The fraction of sp³-hybridized carbons (Fsp3) is 0.538. The van der Waals surface area contributed by atoms with Crippen molar-refractivity contribution in [2.45, 2.75) is 30.8 Å². The lowest BCUT2D eigenvalue weighted by Gasteiger charge is -2.18. The number of sulfonamides is 1. The first-order valence-electron chi connectivity index (χ1n) is 6.71. The Balaban J connectivity index is 2.16. The molecule has 118 valence electrons. The summed E-state index contributed by atoms with van der Waals surface area (Å²) in [4.78, 5) is -0.132. The first-order valence-corrected chi connectivity index (χ1v) is 8.95. The van der Waals surface area contributed by atoms with Gasteiger partial charge in [-0.15, -0.1) is 0 Å². The Kier molecular flexibility index (Phi) is 5.38. The summed E-state index contributed by atoms with van der Waals surface area (Å²) in [5, 5.41) is 0.0319. The molecule has 0 aromatic heterocycles. The molecule has 3 N–H and O–H groups in total. The molecule has 2 unspecified atom stereocenters. The first kappa shape index (κ1) is 16.8. The first-order chi connectivity index (χ1) is 9.85. The number of nitrogens with two attached hydrogens (primary N) is 1. The van der Waals surface area contributed by atoms with Gasteiger partial charge in [-0.3, -0.25) is 0 Å². The fourth-order valence-corrected chi connectivity index (χ4v) is 4.83. The molecule has 21 heavy (non-hydrogen) atoms. The second kappa shape index (κ2) is 6.71. The Morgan fingerprint density at radius 3 is 2.57 bits per heavy atom. The van der Waals surface area contributed by atoms with Gasteiger partial charge in [0.25, 0.3) is 0 Å². The lowest BCUT2D eigenvalue weighted by Crippen LogP contribution is -2.33. The van der Waals surface area contributed by atoms with Gasteiger partial charge in [-0.2, -0.15) is 0 Å². The Morgan fingerprint density at radius 2 is 2.00 bits per heavy atom. The molecular formula is C13H18Cl2N2O3S. The molecular weight excluding hydrogens is 335 g/mol. The monoisotopic (exact) mass is 352 g/mol. The van der Waals surface area contributed by atoms with Crippen LogP contribution in [0.3, 0.4) is 0 Å². The molecule has 0 radical (unpaired) electrons. The van der Waals surface area contributed by atoms with Gasteiger partial charge in [0.05, 0.1) is 16.1 Å². The Bertz CT molecular complexity index is 599. The van der Waals surface area contributed by atoms with Crippen LogP contribution in [0.1, 0.15) is 19.8 Å². The summed E-state index contributed by atoms with van der Waals surface area (Å²) >= 11 is 11.9. The Labute approximate surface area is 134 Å². The summed E-state index contributed by atoms with van der Waals surface area (Å²) in [6.07, 6.45) is 1.78. The predicted octanol–water partition coefficient (Wildman–Crippen LogP) is 2.67. The van der Waals surface area contributed by atoms with Crippen LogP contribution < -0.4 is 10.5 Å². The maximum Gasteiger partial charge on any atom is 0.243 e. The lowest BCUT2D eigenvalue weighted by molar-refractivity contribution is 0.0884. The van der Waals surface area contributed by atoms with Crippen LogP contribution >= 0.6 is 23.2 Å². The largest absolute Gasteiger partial charge is 0.399 e. The lowest BCUT2D eigenvalue weighted by atomic mass is 10.0. The third-order valence-electron chi connectivity index (χ3n) is 3.57. The van der Waals surface area contributed by atoms with E-state index in [2.05, 4.69) is 4.72 Å². The van der Waals surface area contributed by atoms with Crippen LogP contribution in [0.15, 0.2) is 17.0 Å². The summed E-state index contributed by atoms with van der Waals surface area (Å²) in [6, 6.07) is 2.74. The van der Waals surface area contributed by atoms with Gasteiger partial charge < -0.3 is 10.5 Å². The zero-order valence-electron chi connectivity index (χ0n) is 11.6. The minimum absolute atomic E-state index is 0.0159. The van der Waals surface area contributed by atoms with E-state index in [-0.39, 0.29) is 27.0 Å². The van der Waals surface area contributed by atoms with E-state index in [0.717, 1.165) is 12.8 Å². The normalized spacial score (nSPS) is 22.6. The maximum atomic E-state index is 12.4. The molecule has 1 aliphatic rings. The molecule has 1 saturated heterocycles.